The SMILES string of the molecule is COc1ccc2c(c1)CCCC2CNC(N)=NCC1CCC1.I. The maximum atomic E-state index is 6.00. The van der Waals surface area contributed by atoms with E-state index in [1.54, 1.807) is 7.11 Å². The molecule has 1 atom stereocenters. The third-order valence-electron chi connectivity index (χ3n) is 5.06. The number of guanidine groups is 1. The lowest BCUT2D eigenvalue weighted by molar-refractivity contribution is 0.326. The normalized spacial score (nSPS) is 20.9. The number of nitrogens with two attached hydrogens (primary N) is 1. The summed E-state index contributed by atoms with van der Waals surface area (Å²) in [7, 11) is 1.73. The second kappa shape index (κ2) is 8.76. The van der Waals surface area contributed by atoms with Crippen molar-refractivity contribution in [3.63, 3.8) is 0 Å². The molecule has 2 aliphatic carbocycles. The van der Waals surface area contributed by atoms with E-state index in [2.05, 4.69) is 28.5 Å². The predicted molar refractivity (Wildman–Crippen MR) is 106 cm³/mol. The molecule has 4 nitrogen and oxygen atoms in total. The number of halogens is 1. The van der Waals surface area contributed by atoms with Crippen LogP contribution in [-0.4, -0.2) is 26.2 Å². The van der Waals surface area contributed by atoms with E-state index in [4.69, 9.17) is 10.5 Å². The number of nitrogens with one attached hydrogen (secondary N) is 1. The summed E-state index contributed by atoms with van der Waals surface area (Å²) in [5.41, 5.74) is 8.86. The topological polar surface area (TPSA) is 59.6 Å². The van der Waals surface area contributed by atoms with Gasteiger partial charge in [-0.25, -0.2) is 0 Å². The molecule has 1 fully saturated rings. The smallest absolute Gasteiger partial charge is 0.188 e. The molecule has 3 rings (SSSR count). The zero-order chi connectivity index (χ0) is 15.4. The lowest BCUT2D eigenvalue weighted by Gasteiger charge is -2.26. The van der Waals surface area contributed by atoms with Crippen molar-refractivity contribution in [2.45, 2.75) is 44.4 Å². The quantitative estimate of drug-likeness (QED) is 0.428. The standard InChI is InChI=1S/C18H27N3O.HI/c1-22-16-8-9-17-14(10-16)6-3-7-15(17)12-21-18(19)20-11-13-4-2-5-13;/h8-10,13,15H,2-7,11-12H2,1H3,(H3,19,20,21);1H. The summed E-state index contributed by atoms with van der Waals surface area (Å²) < 4.78 is 5.33. The van der Waals surface area contributed by atoms with Crippen LogP contribution in [0.25, 0.3) is 0 Å². The molecule has 5 heteroatoms. The van der Waals surface area contributed by atoms with E-state index in [0.29, 0.717) is 11.9 Å². The van der Waals surface area contributed by atoms with Gasteiger partial charge in [-0.3, -0.25) is 4.99 Å². The maximum Gasteiger partial charge on any atom is 0.188 e. The van der Waals surface area contributed by atoms with Crippen molar-refractivity contribution in [2.75, 3.05) is 20.2 Å². The Kier molecular flexibility index (Phi) is 6.99. The van der Waals surface area contributed by atoms with Gasteiger partial charge in [0.1, 0.15) is 5.75 Å². The van der Waals surface area contributed by atoms with Gasteiger partial charge in [0.05, 0.1) is 7.11 Å². The monoisotopic (exact) mass is 429 g/mol. The highest BCUT2D eigenvalue weighted by molar-refractivity contribution is 14.0. The van der Waals surface area contributed by atoms with Gasteiger partial charge >= 0.3 is 0 Å². The number of rotatable bonds is 5. The van der Waals surface area contributed by atoms with Crippen LogP contribution >= 0.6 is 24.0 Å². The van der Waals surface area contributed by atoms with Gasteiger partial charge in [0.2, 0.25) is 0 Å². The summed E-state index contributed by atoms with van der Waals surface area (Å²) in [6.07, 6.45) is 7.57. The second-order valence-corrected chi connectivity index (χ2v) is 6.56. The second-order valence-electron chi connectivity index (χ2n) is 6.56. The van der Waals surface area contributed by atoms with Crippen LogP contribution in [0.15, 0.2) is 23.2 Å². The predicted octanol–water partition coefficient (Wildman–Crippen LogP) is 3.44. The minimum absolute atomic E-state index is 0. The Bertz CT molecular complexity index is 543. The lowest BCUT2D eigenvalue weighted by Crippen LogP contribution is -2.36. The van der Waals surface area contributed by atoms with Crippen LogP contribution in [0.5, 0.6) is 5.75 Å². The average Bonchev–Trinajstić information content (AvgIpc) is 2.50. The van der Waals surface area contributed by atoms with E-state index >= 15 is 0 Å². The lowest BCUT2D eigenvalue weighted by atomic mass is 9.82. The van der Waals surface area contributed by atoms with E-state index in [0.717, 1.165) is 31.2 Å². The Morgan fingerprint density at radius 3 is 2.83 bits per heavy atom. The molecular weight excluding hydrogens is 401 g/mol. The molecule has 0 aromatic heterocycles. The summed E-state index contributed by atoms with van der Waals surface area (Å²) in [6, 6.07) is 6.45. The van der Waals surface area contributed by atoms with Crippen LogP contribution in [0, 0.1) is 5.92 Å². The van der Waals surface area contributed by atoms with Crippen molar-refractivity contribution >= 4 is 29.9 Å². The Labute approximate surface area is 156 Å². The van der Waals surface area contributed by atoms with Gasteiger partial charge < -0.3 is 15.8 Å². The number of nitrogens with zero attached hydrogens (tertiary/aromatic N) is 1. The van der Waals surface area contributed by atoms with Gasteiger partial charge in [-0.05, 0) is 61.3 Å². The number of methoxy groups -OCH3 is 1. The van der Waals surface area contributed by atoms with Gasteiger partial charge in [0, 0.05) is 19.0 Å². The molecule has 1 saturated carbocycles. The molecule has 1 unspecified atom stereocenters. The number of aryl methyl sites for hydroxylation is 1. The molecular formula is C18H28IN3O. The van der Waals surface area contributed by atoms with Crippen LogP contribution in [0.1, 0.15) is 49.1 Å². The van der Waals surface area contributed by atoms with Crippen molar-refractivity contribution in [1.29, 1.82) is 0 Å². The van der Waals surface area contributed by atoms with E-state index in [1.807, 2.05) is 0 Å². The molecule has 0 bridgehead atoms. The Morgan fingerprint density at radius 2 is 2.13 bits per heavy atom. The first-order valence-corrected chi connectivity index (χ1v) is 8.47. The number of ether oxygens (including phenoxy) is 1. The molecule has 1 aromatic carbocycles. The van der Waals surface area contributed by atoms with E-state index in [9.17, 15) is 0 Å². The van der Waals surface area contributed by atoms with Crippen LogP contribution < -0.4 is 15.8 Å². The first-order valence-electron chi connectivity index (χ1n) is 8.47. The Hall–Kier alpha value is -0.980. The van der Waals surface area contributed by atoms with Crippen molar-refractivity contribution in [3.8, 4) is 5.75 Å². The fourth-order valence-corrected chi connectivity index (χ4v) is 3.42. The third-order valence-corrected chi connectivity index (χ3v) is 5.06. The number of fused-ring (bicyclic) bond motifs is 1. The summed E-state index contributed by atoms with van der Waals surface area (Å²) in [5, 5.41) is 3.32. The Morgan fingerprint density at radius 1 is 1.30 bits per heavy atom. The van der Waals surface area contributed by atoms with Gasteiger partial charge in [-0.1, -0.05) is 12.5 Å². The van der Waals surface area contributed by atoms with Crippen LogP contribution in [-0.2, 0) is 6.42 Å². The number of hydrogen-bond donors (Lipinski definition) is 2. The Balaban J connectivity index is 0.00000192. The van der Waals surface area contributed by atoms with Gasteiger partial charge in [-0.15, -0.1) is 24.0 Å². The van der Waals surface area contributed by atoms with Crippen molar-refractivity contribution in [2.24, 2.45) is 16.6 Å². The minimum Gasteiger partial charge on any atom is -0.497 e. The van der Waals surface area contributed by atoms with Crippen LogP contribution in [0.3, 0.4) is 0 Å². The summed E-state index contributed by atoms with van der Waals surface area (Å²) in [4.78, 5) is 4.48. The molecule has 128 valence electrons. The molecule has 0 saturated heterocycles. The van der Waals surface area contributed by atoms with Crippen LogP contribution in [0.2, 0.25) is 0 Å². The van der Waals surface area contributed by atoms with E-state index in [1.165, 1.54) is 43.2 Å². The molecule has 1 aromatic rings. The van der Waals surface area contributed by atoms with Crippen molar-refractivity contribution in [3.05, 3.63) is 29.3 Å². The fourth-order valence-electron chi connectivity index (χ4n) is 3.42. The largest absolute Gasteiger partial charge is 0.497 e. The highest BCUT2D eigenvalue weighted by Gasteiger charge is 2.21. The summed E-state index contributed by atoms with van der Waals surface area (Å²) in [6.45, 7) is 1.76. The molecule has 0 spiro atoms. The third kappa shape index (κ3) is 4.75. The zero-order valence-corrected chi connectivity index (χ0v) is 16.2. The van der Waals surface area contributed by atoms with Crippen molar-refractivity contribution in [1.82, 2.24) is 5.32 Å². The van der Waals surface area contributed by atoms with Crippen LogP contribution in [0.4, 0.5) is 0 Å². The first kappa shape index (κ1) is 18.4. The highest BCUT2D eigenvalue weighted by atomic mass is 127. The summed E-state index contributed by atoms with van der Waals surface area (Å²) in [5.74, 6) is 2.84. The van der Waals surface area contributed by atoms with Gasteiger partial charge in [0.25, 0.3) is 0 Å². The van der Waals surface area contributed by atoms with Crippen molar-refractivity contribution < 1.29 is 4.74 Å². The van der Waals surface area contributed by atoms with Gasteiger partial charge in [-0.2, -0.15) is 0 Å². The summed E-state index contributed by atoms with van der Waals surface area (Å²) >= 11 is 0. The maximum absolute atomic E-state index is 6.00. The molecule has 0 amide bonds. The zero-order valence-electron chi connectivity index (χ0n) is 13.9. The number of benzene rings is 1. The van der Waals surface area contributed by atoms with E-state index in [-0.39, 0.29) is 24.0 Å². The van der Waals surface area contributed by atoms with E-state index < -0.39 is 0 Å². The number of hydrogen-bond acceptors (Lipinski definition) is 2. The molecule has 3 N–H and O–H groups in total. The fraction of sp³-hybridized carbons (Fsp3) is 0.611. The number of aliphatic imine (C=N–C) groups is 1. The molecule has 2 aliphatic rings. The highest BCUT2D eigenvalue weighted by Crippen LogP contribution is 2.33. The van der Waals surface area contributed by atoms with Gasteiger partial charge in [0.15, 0.2) is 5.96 Å². The molecule has 23 heavy (non-hydrogen) atoms. The molecule has 0 radical (unpaired) electrons. The molecule has 0 aliphatic heterocycles. The first-order chi connectivity index (χ1) is 10.8. The molecule has 0 heterocycles. The minimum atomic E-state index is 0. The average molecular weight is 429 g/mol.